The van der Waals surface area contributed by atoms with E-state index in [4.69, 9.17) is 4.42 Å². The van der Waals surface area contributed by atoms with Crippen LogP contribution in [-0.2, 0) is 16.1 Å². The molecule has 11 heteroatoms. The smallest absolute Gasteiger partial charge is 0.327 e. The lowest BCUT2D eigenvalue weighted by Crippen LogP contribution is -2.45. The normalized spacial score (nSPS) is 12.7. The van der Waals surface area contributed by atoms with Crippen molar-refractivity contribution in [1.82, 2.24) is 4.90 Å². The second-order valence-corrected chi connectivity index (χ2v) is 11.0. The molecule has 0 saturated carbocycles. The number of carbonyl (C=O) groups excluding carboxylic acids is 2. The van der Waals surface area contributed by atoms with Gasteiger partial charge in [-0.15, -0.1) is 0 Å². The highest BCUT2D eigenvalue weighted by Gasteiger charge is 2.32. The molecule has 1 aromatic heterocycles. The molecule has 0 aliphatic carbocycles. The molecule has 0 fully saturated rings. The Morgan fingerprint density at radius 2 is 1.51 bits per heavy atom. The van der Waals surface area contributed by atoms with E-state index in [2.05, 4.69) is 5.32 Å². The molecule has 0 spiro atoms. The lowest BCUT2D eigenvalue weighted by atomic mass is 10.0. The third kappa shape index (κ3) is 6.01. The van der Waals surface area contributed by atoms with Crippen LogP contribution in [0.15, 0.2) is 71.1 Å². The Labute approximate surface area is 240 Å². The van der Waals surface area contributed by atoms with E-state index in [1.807, 2.05) is 0 Å². The number of aryl methyl sites for hydroxylation is 1. The predicted octanol–water partition coefficient (Wildman–Crippen LogP) is 5.41. The van der Waals surface area contributed by atoms with Crippen molar-refractivity contribution in [2.45, 2.75) is 26.8 Å². The summed E-state index contributed by atoms with van der Waals surface area (Å²) in [6, 6.07) is 17.7. The number of rotatable bonds is 9. The summed E-state index contributed by atoms with van der Waals surface area (Å²) in [7, 11) is 3.32. The van der Waals surface area contributed by atoms with Crippen LogP contribution in [0.5, 0.6) is 0 Å². The average Bonchev–Trinajstić information content (AvgIpc) is 3.27. The fraction of sp³-hybridized carbons (Fsp3) is 0.233. The number of amides is 2. The van der Waals surface area contributed by atoms with Crippen LogP contribution in [0.4, 0.5) is 11.4 Å². The van der Waals surface area contributed by atoms with Gasteiger partial charge in [-0.1, -0.05) is 44.2 Å². The SMILES string of the molecule is Cc1c(C(=O)Nc2ccc(-c3ccc(N(C(C(=O)O)C(C)C)S(=O)O)cc3)cc2)oc2cccc(C(=O)N(C)C)c12. The number of hydrogen-bond donors (Lipinski definition) is 3. The maximum absolute atomic E-state index is 13.1. The maximum atomic E-state index is 13.1. The van der Waals surface area contributed by atoms with Crippen LogP contribution in [0, 0.1) is 12.8 Å². The fourth-order valence-electron chi connectivity index (χ4n) is 4.68. The molecule has 2 atom stereocenters. The first-order valence-electron chi connectivity index (χ1n) is 12.8. The second kappa shape index (κ2) is 11.9. The molecule has 2 amide bonds. The van der Waals surface area contributed by atoms with Gasteiger partial charge in [0.2, 0.25) is 0 Å². The van der Waals surface area contributed by atoms with Crippen molar-refractivity contribution >= 4 is 51.4 Å². The van der Waals surface area contributed by atoms with Crippen LogP contribution in [-0.4, -0.2) is 56.7 Å². The van der Waals surface area contributed by atoms with Crippen molar-refractivity contribution in [2.75, 3.05) is 23.7 Å². The lowest BCUT2D eigenvalue weighted by Gasteiger charge is -2.29. The largest absolute Gasteiger partial charge is 0.480 e. The number of benzene rings is 3. The van der Waals surface area contributed by atoms with E-state index in [9.17, 15) is 28.3 Å². The van der Waals surface area contributed by atoms with Crippen LogP contribution in [0.25, 0.3) is 22.1 Å². The van der Waals surface area contributed by atoms with E-state index in [0.717, 1.165) is 15.4 Å². The number of fused-ring (bicyclic) bond motifs is 1. The molecule has 3 N–H and O–H groups in total. The van der Waals surface area contributed by atoms with Gasteiger partial charge in [-0.2, -0.15) is 0 Å². The molecule has 1 heterocycles. The van der Waals surface area contributed by atoms with Gasteiger partial charge >= 0.3 is 5.97 Å². The van der Waals surface area contributed by atoms with E-state index < -0.39 is 35.1 Å². The molecule has 214 valence electrons. The Morgan fingerprint density at radius 1 is 0.927 bits per heavy atom. The summed E-state index contributed by atoms with van der Waals surface area (Å²) in [6.07, 6.45) is 0. The summed E-state index contributed by atoms with van der Waals surface area (Å²) >= 11 is -2.53. The van der Waals surface area contributed by atoms with Gasteiger partial charge in [0.1, 0.15) is 11.6 Å². The molecule has 10 nitrogen and oxygen atoms in total. The summed E-state index contributed by atoms with van der Waals surface area (Å²) in [5.41, 5.74) is 3.92. The third-order valence-corrected chi connectivity index (χ3v) is 7.47. The van der Waals surface area contributed by atoms with Gasteiger partial charge in [0.15, 0.2) is 5.76 Å². The van der Waals surface area contributed by atoms with E-state index in [0.29, 0.717) is 33.5 Å². The van der Waals surface area contributed by atoms with Gasteiger partial charge in [-0.3, -0.25) is 18.4 Å². The van der Waals surface area contributed by atoms with Crippen molar-refractivity contribution in [2.24, 2.45) is 5.92 Å². The van der Waals surface area contributed by atoms with Gasteiger partial charge in [0.05, 0.1) is 11.3 Å². The maximum Gasteiger partial charge on any atom is 0.327 e. The molecule has 0 saturated heterocycles. The van der Waals surface area contributed by atoms with Crippen molar-refractivity contribution in [3.63, 3.8) is 0 Å². The zero-order valence-electron chi connectivity index (χ0n) is 23.2. The van der Waals surface area contributed by atoms with Crippen molar-refractivity contribution < 1.29 is 32.7 Å². The molecule has 3 aromatic carbocycles. The van der Waals surface area contributed by atoms with Crippen LogP contribution < -0.4 is 9.62 Å². The topological polar surface area (TPSA) is 140 Å². The number of carboxylic acid groups (broad SMARTS) is 1. The molecular weight excluding hydrogens is 546 g/mol. The van der Waals surface area contributed by atoms with Crippen molar-refractivity contribution in [1.29, 1.82) is 0 Å². The molecule has 2 unspecified atom stereocenters. The van der Waals surface area contributed by atoms with Gasteiger partial charge in [-0.05, 0) is 60.4 Å². The zero-order chi connectivity index (χ0) is 30.0. The number of aliphatic carboxylic acids is 1. The standard InChI is InChI=1S/C30H31N3O7S/c1-17(2)26(30(36)37)33(41(38)39)22-15-11-20(12-16-22)19-9-13-21(14-10-19)31-28(34)27-18(3)25-23(29(35)32(4)5)7-6-8-24(25)40-27/h6-17,26H,1-5H3,(H,31,34)(H,36,37)(H,38,39). The number of furan rings is 1. The van der Waals surface area contributed by atoms with E-state index >= 15 is 0 Å². The van der Waals surface area contributed by atoms with Gasteiger partial charge < -0.3 is 19.7 Å². The summed E-state index contributed by atoms with van der Waals surface area (Å²) in [5.74, 6) is -2.12. The summed E-state index contributed by atoms with van der Waals surface area (Å²) in [5, 5.41) is 13.0. The third-order valence-electron chi connectivity index (χ3n) is 6.70. The number of hydrogen-bond acceptors (Lipinski definition) is 5. The summed E-state index contributed by atoms with van der Waals surface area (Å²) in [6.45, 7) is 5.09. The van der Waals surface area contributed by atoms with Crippen molar-refractivity contribution in [3.8, 4) is 11.1 Å². The number of carbonyl (C=O) groups is 3. The first-order valence-corrected chi connectivity index (χ1v) is 13.9. The van der Waals surface area contributed by atoms with Gasteiger partial charge in [-0.25, -0.2) is 9.00 Å². The summed E-state index contributed by atoms with van der Waals surface area (Å²) < 4.78 is 28.6. The van der Waals surface area contributed by atoms with E-state index in [-0.39, 0.29) is 11.7 Å². The van der Waals surface area contributed by atoms with Gasteiger partial charge in [0.25, 0.3) is 23.1 Å². The van der Waals surface area contributed by atoms with Crippen molar-refractivity contribution in [3.05, 3.63) is 83.6 Å². The highest BCUT2D eigenvalue weighted by Crippen LogP contribution is 2.31. The minimum atomic E-state index is -2.53. The number of anilines is 2. The molecule has 4 aromatic rings. The molecule has 0 aliphatic rings. The van der Waals surface area contributed by atoms with Crippen LogP contribution in [0.1, 0.15) is 40.3 Å². The van der Waals surface area contributed by atoms with E-state index in [1.54, 1.807) is 102 Å². The fourth-order valence-corrected chi connectivity index (χ4v) is 5.51. The summed E-state index contributed by atoms with van der Waals surface area (Å²) in [4.78, 5) is 38.9. The number of carboxylic acids is 1. The zero-order valence-corrected chi connectivity index (χ0v) is 24.1. The first-order chi connectivity index (χ1) is 19.4. The minimum Gasteiger partial charge on any atom is -0.480 e. The molecular formula is C30H31N3O7S. The lowest BCUT2D eigenvalue weighted by molar-refractivity contribution is -0.139. The molecule has 0 aliphatic heterocycles. The molecule has 0 radical (unpaired) electrons. The molecule has 0 bridgehead atoms. The quantitative estimate of drug-likeness (QED) is 0.226. The number of nitrogens with zero attached hydrogens (tertiary/aromatic N) is 2. The van der Waals surface area contributed by atoms with E-state index in [1.165, 1.54) is 4.90 Å². The molecule has 41 heavy (non-hydrogen) atoms. The monoisotopic (exact) mass is 577 g/mol. The Morgan fingerprint density at radius 3 is 2.02 bits per heavy atom. The molecule has 4 rings (SSSR count). The highest BCUT2D eigenvalue weighted by molar-refractivity contribution is 7.80. The Hall–Kier alpha value is -4.48. The Balaban J connectivity index is 1.53. The second-order valence-electron chi connectivity index (χ2n) is 10.1. The van der Waals surface area contributed by atoms with Crippen LogP contribution in [0.2, 0.25) is 0 Å². The Bertz CT molecular complexity index is 1630. The minimum absolute atomic E-state index is 0.116. The van der Waals surface area contributed by atoms with Crippen LogP contribution >= 0.6 is 0 Å². The van der Waals surface area contributed by atoms with Crippen LogP contribution in [0.3, 0.4) is 0 Å². The van der Waals surface area contributed by atoms with Gasteiger partial charge in [0, 0.05) is 30.7 Å². The average molecular weight is 578 g/mol. The highest BCUT2D eigenvalue weighted by atomic mass is 32.2. The predicted molar refractivity (Wildman–Crippen MR) is 158 cm³/mol. The number of nitrogens with one attached hydrogen (secondary N) is 1. The Kier molecular flexibility index (Phi) is 8.60. The first kappa shape index (κ1) is 29.5.